The van der Waals surface area contributed by atoms with Gasteiger partial charge >= 0.3 is 0 Å². The second-order valence-corrected chi connectivity index (χ2v) is 7.61. The van der Waals surface area contributed by atoms with Crippen LogP contribution in [0.1, 0.15) is 50.7 Å². The van der Waals surface area contributed by atoms with Crippen LogP contribution < -0.4 is 11.1 Å². The van der Waals surface area contributed by atoms with Gasteiger partial charge in [0, 0.05) is 24.0 Å². The molecule has 3 N–H and O–H groups in total. The SMILES string of the molecule is Cc1csc(CCNCCCC(CCN)C(C)(C)C)n1. The maximum atomic E-state index is 5.72. The predicted molar refractivity (Wildman–Crippen MR) is 89.3 cm³/mol. The summed E-state index contributed by atoms with van der Waals surface area (Å²) in [5, 5.41) is 6.89. The Bertz CT molecular complexity index is 368. The standard InChI is InChI=1S/C16H31N3S/c1-13-12-20-15(19-13)8-11-18-10-5-6-14(7-9-17)16(2,3)4/h12,14,18H,5-11,17H2,1-4H3. The molecule has 4 heteroatoms. The molecule has 0 aromatic carbocycles. The van der Waals surface area contributed by atoms with Gasteiger partial charge in [0.1, 0.15) is 0 Å². The lowest BCUT2D eigenvalue weighted by atomic mass is 9.76. The average Bonchev–Trinajstić information content (AvgIpc) is 2.76. The fraction of sp³-hybridized carbons (Fsp3) is 0.812. The van der Waals surface area contributed by atoms with Crippen LogP contribution in [0.2, 0.25) is 0 Å². The molecule has 0 saturated heterocycles. The number of nitrogens with zero attached hydrogens (tertiary/aromatic N) is 1. The van der Waals surface area contributed by atoms with Crippen LogP contribution in [0.25, 0.3) is 0 Å². The van der Waals surface area contributed by atoms with Crippen LogP contribution >= 0.6 is 11.3 Å². The number of aromatic nitrogens is 1. The lowest BCUT2D eigenvalue weighted by molar-refractivity contribution is 0.210. The molecule has 0 bridgehead atoms. The molecule has 0 aliphatic rings. The van der Waals surface area contributed by atoms with Crippen molar-refractivity contribution in [2.75, 3.05) is 19.6 Å². The summed E-state index contributed by atoms with van der Waals surface area (Å²) in [6, 6.07) is 0. The van der Waals surface area contributed by atoms with Gasteiger partial charge < -0.3 is 11.1 Å². The molecule has 0 radical (unpaired) electrons. The van der Waals surface area contributed by atoms with Crippen molar-refractivity contribution in [3.05, 3.63) is 16.1 Å². The molecule has 1 atom stereocenters. The quantitative estimate of drug-likeness (QED) is 0.687. The number of nitrogens with two attached hydrogens (primary N) is 1. The molecule has 0 spiro atoms. The smallest absolute Gasteiger partial charge is 0.0940 e. The molecule has 0 fully saturated rings. The highest BCUT2D eigenvalue weighted by Crippen LogP contribution is 2.31. The van der Waals surface area contributed by atoms with Crippen LogP contribution in [0.4, 0.5) is 0 Å². The van der Waals surface area contributed by atoms with E-state index in [2.05, 4.69) is 43.4 Å². The first-order valence-electron chi connectivity index (χ1n) is 7.75. The van der Waals surface area contributed by atoms with E-state index in [1.54, 1.807) is 11.3 Å². The molecule has 116 valence electrons. The summed E-state index contributed by atoms with van der Waals surface area (Å²) in [6.45, 7) is 12.0. The van der Waals surface area contributed by atoms with Crippen LogP contribution in [0.5, 0.6) is 0 Å². The minimum atomic E-state index is 0.373. The van der Waals surface area contributed by atoms with Crippen LogP contribution in [0, 0.1) is 18.3 Å². The van der Waals surface area contributed by atoms with Crippen molar-refractivity contribution in [1.29, 1.82) is 0 Å². The molecular weight excluding hydrogens is 266 g/mol. The van der Waals surface area contributed by atoms with Gasteiger partial charge in [0.25, 0.3) is 0 Å². The van der Waals surface area contributed by atoms with Crippen LogP contribution in [0.3, 0.4) is 0 Å². The molecule has 0 aliphatic carbocycles. The number of aryl methyl sites for hydroxylation is 1. The Labute approximate surface area is 128 Å². The van der Waals surface area contributed by atoms with Gasteiger partial charge in [-0.1, -0.05) is 20.8 Å². The third-order valence-corrected chi connectivity index (χ3v) is 4.85. The van der Waals surface area contributed by atoms with Crippen molar-refractivity contribution in [1.82, 2.24) is 10.3 Å². The Kier molecular flexibility index (Phi) is 7.70. The summed E-state index contributed by atoms with van der Waals surface area (Å²) in [4.78, 5) is 4.48. The Morgan fingerprint density at radius 3 is 2.60 bits per heavy atom. The number of rotatable bonds is 9. The summed E-state index contributed by atoms with van der Waals surface area (Å²) in [5.74, 6) is 0.732. The van der Waals surface area contributed by atoms with E-state index in [0.29, 0.717) is 5.41 Å². The van der Waals surface area contributed by atoms with E-state index in [0.717, 1.165) is 44.1 Å². The summed E-state index contributed by atoms with van der Waals surface area (Å²) < 4.78 is 0. The van der Waals surface area contributed by atoms with Crippen LogP contribution in [0.15, 0.2) is 5.38 Å². The van der Waals surface area contributed by atoms with E-state index in [9.17, 15) is 0 Å². The van der Waals surface area contributed by atoms with E-state index in [1.165, 1.54) is 17.8 Å². The second-order valence-electron chi connectivity index (χ2n) is 6.67. The molecule has 1 unspecified atom stereocenters. The van der Waals surface area contributed by atoms with Gasteiger partial charge in [0.2, 0.25) is 0 Å². The maximum absolute atomic E-state index is 5.72. The van der Waals surface area contributed by atoms with E-state index in [4.69, 9.17) is 5.73 Å². The molecule has 0 amide bonds. The molecule has 1 heterocycles. The monoisotopic (exact) mass is 297 g/mol. The molecule has 0 saturated carbocycles. The average molecular weight is 298 g/mol. The van der Waals surface area contributed by atoms with Crippen molar-refractivity contribution < 1.29 is 0 Å². The maximum Gasteiger partial charge on any atom is 0.0940 e. The first-order chi connectivity index (χ1) is 9.43. The third-order valence-electron chi connectivity index (χ3n) is 3.83. The summed E-state index contributed by atoms with van der Waals surface area (Å²) in [7, 11) is 0. The van der Waals surface area contributed by atoms with E-state index < -0.39 is 0 Å². The fourth-order valence-corrected chi connectivity index (χ4v) is 3.30. The first kappa shape index (κ1) is 17.6. The zero-order valence-electron chi connectivity index (χ0n) is 13.5. The first-order valence-corrected chi connectivity index (χ1v) is 8.63. The number of thiazole rings is 1. The summed E-state index contributed by atoms with van der Waals surface area (Å²) in [6.07, 6.45) is 4.69. The van der Waals surface area contributed by atoms with Crippen molar-refractivity contribution in [2.45, 2.75) is 53.4 Å². The number of hydrogen-bond acceptors (Lipinski definition) is 4. The highest BCUT2D eigenvalue weighted by Gasteiger charge is 2.22. The lowest BCUT2D eigenvalue weighted by Crippen LogP contribution is -2.25. The molecule has 0 aliphatic heterocycles. The Morgan fingerprint density at radius 1 is 1.30 bits per heavy atom. The Morgan fingerprint density at radius 2 is 2.05 bits per heavy atom. The van der Waals surface area contributed by atoms with Crippen molar-refractivity contribution in [2.24, 2.45) is 17.1 Å². The predicted octanol–water partition coefficient (Wildman–Crippen LogP) is 3.37. The largest absolute Gasteiger partial charge is 0.330 e. The van der Waals surface area contributed by atoms with Crippen LogP contribution in [-0.4, -0.2) is 24.6 Å². The zero-order chi connectivity index (χ0) is 15.0. The number of hydrogen-bond donors (Lipinski definition) is 2. The van der Waals surface area contributed by atoms with Gasteiger partial charge in [-0.05, 0) is 50.6 Å². The Balaban J connectivity index is 2.11. The van der Waals surface area contributed by atoms with Gasteiger partial charge in [-0.3, -0.25) is 0 Å². The minimum Gasteiger partial charge on any atom is -0.330 e. The van der Waals surface area contributed by atoms with Crippen molar-refractivity contribution in [3.63, 3.8) is 0 Å². The lowest BCUT2D eigenvalue weighted by Gasteiger charge is -2.30. The van der Waals surface area contributed by atoms with Crippen LogP contribution in [-0.2, 0) is 6.42 Å². The highest BCUT2D eigenvalue weighted by atomic mass is 32.1. The van der Waals surface area contributed by atoms with E-state index in [-0.39, 0.29) is 0 Å². The van der Waals surface area contributed by atoms with Gasteiger partial charge in [-0.2, -0.15) is 0 Å². The Hall–Kier alpha value is -0.450. The van der Waals surface area contributed by atoms with E-state index in [1.807, 2.05) is 0 Å². The molecule has 20 heavy (non-hydrogen) atoms. The van der Waals surface area contributed by atoms with Crippen molar-refractivity contribution in [3.8, 4) is 0 Å². The highest BCUT2D eigenvalue weighted by molar-refractivity contribution is 7.09. The summed E-state index contributed by atoms with van der Waals surface area (Å²) >= 11 is 1.76. The van der Waals surface area contributed by atoms with Gasteiger partial charge in [-0.25, -0.2) is 4.98 Å². The summed E-state index contributed by atoms with van der Waals surface area (Å²) in [5.41, 5.74) is 7.23. The molecule has 1 aromatic rings. The fourth-order valence-electron chi connectivity index (χ4n) is 2.52. The minimum absolute atomic E-state index is 0.373. The van der Waals surface area contributed by atoms with Gasteiger partial charge in [0.15, 0.2) is 0 Å². The normalized spacial score (nSPS) is 13.7. The molecular formula is C16H31N3S. The zero-order valence-corrected chi connectivity index (χ0v) is 14.4. The second kappa shape index (κ2) is 8.75. The topological polar surface area (TPSA) is 50.9 Å². The molecule has 1 rings (SSSR count). The number of nitrogens with one attached hydrogen (secondary N) is 1. The van der Waals surface area contributed by atoms with Gasteiger partial charge in [0.05, 0.1) is 5.01 Å². The molecule has 3 nitrogen and oxygen atoms in total. The molecule has 1 aromatic heterocycles. The third kappa shape index (κ3) is 6.82. The van der Waals surface area contributed by atoms with Crippen molar-refractivity contribution >= 4 is 11.3 Å². The van der Waals surface area contributed by atoms with Gasteiger partial charge in [-0.15, -0.1) is 11.3 Å². The van der Waals surface area contributed by atoms with E-state index >= 15 is 0 Å².